The molecule has 0 aliphatic rings. The van der Waals surface area contributed by atoms with Crippen LogP contribution in [0.25, 0.3) is 0 Å². The van der Waals surface area contributed by atoms with Gasteiger partial charge in [-0.2, -0.15) is 11.3 Å². The monoisotopic (exact) mass is 221 g/mol. The third-order valence-electron chi connectivity index (χ3n) is 2.54. The van der Waals surface area contributed by atoms with E-state index in [9.17, 15) is 0 Å². The summed E-state index contributed by atoms with van der Waals surface area (Å²) in [5.74, 6) is 1.94. The van der Waals surface area contributed by atoms with Gasteiger partial charge in [0.2, 0.25) is 0 Å². The lowest BCUT2D eigenvalue weighted by molar-refractivity contribution is 0.444. The molecule has 0 spiro atoms. The average molecular weight is 221 g/mol. The van der Waals surface area contributed by atoms with Crippen LogP contribution >= 0.6 is 11.3 Å². The lowest BCUT2D eigenvalue weighted by Gasteiger charge is -2.13. The second kappa shape index (κ2) is 4.21. The van der Waals surface area contributed by atoms with E-state index in [1.54, 1.807) is 11.3 Å². The molecule has 2 aromatic heterocycles. The molecular weight excluding hydrogens is 206 g/mol. The van der Waals surface area contributed by atoms with Crippen molar-refractivity contribution >= 4 is 11.3 Å². The summed E-state index contributed by atoms with van der Waals surface area (Å²) >= 11 is 1.73. The maximum Gasteiger partial charge on any atom is 0.125 e. The van der Waals surface area contributed by atoms with Crippen LogP contribution in [0.1, 0.15) is 28.7 Å². The molecule has 1 unspecified atom stereocenters. The predicted octanol–water partition coefficient (Wildman–Crippen LogP) is 3.27. The second-order valence-corrected chi connectivity index (χ2v) is 4.42. The summed E-state index contributed by atoms with van der Waals surface area (Å²) in [6.45, 7) is 4.10. The second-order valence-electron chi connectivity index (χ2n) is 3.68. The standard InChI is InChI=1S/C12H15NOS/c1-8-6-15-7-10(8)12(13-3)11-5-4-9(2)14-11/h4-7,12-13H,1-3H3. The Labute approximate surface area is 93.9 Å². The number of hydrogen-bond acceptors (Lipinski definition) is 3. The molecule has 3 heteroatoms. The average Bonchev–Trinajstić information content (AvgIpc) is 2.79. The van der Waals surface area contributed by atoms with Gasteiger partial charge in [-0.1, -0.05) is 0 Å². The van der Waals surface area contributed by atoms with Crippen LogP contribution in [0.4, 0.5) is 0 Å². The first-order valence-electron chi connectivity index (χ1n) is 4.98. The fraction of sp³-hybridized carbons (Fsp3) is 0.333. The highest BCUT2D eigenvalue weighted by Crippen LogP contribution is 2.28. The van der Waals surface area contributed by atoms with Crippen LogP contribution in [0.3, 0.4) is 0 Å². The van der Waals surface area contributed by atoms with E-state index in [0.29, 0.717) is 0 Å². The van der Waals surface area contributed by atoms with Gasteiger partial charge in [0.15, 0.2) is 0 Å². The highest BCUT2D eigenvalue weighted by molar-refractivity contribution is 7.08. The largest absolute Gasteiger partial charge is 0.464 e. The first-order chi connectivity index (χ1) is 7.22. The zero-order chi connectivity index (χ0) is 10.8. The number of hydrogen-bond donors (Lipinski definition) is 1. The Kier molecular flexibility index (Phi) is 2.93. The minimum atomic E-state index is 0.171. The molecule has 2 heterocycles. The van der Waals surface area contributed by atoms with Gasteiger partial charge in [0.25, 0.3) is 0 Å². The zero-order valence-corrected chi connectivity index (χ0v) is 10.0. The highest BCUT2D eigenvalue weighted by atomic mass is 32.1. The minimum absolute atomic E-state index is 0.171. The Bertz CT molecular complexity index is 444. The topological polar surface area (TPSA) is 25.2 Å². The van der Waals surface area contributed by atoms with Crippen molar-refractivity contribution in [1.82, 2.24) is 5.32 Å². The molecule has 2 rings (SSSR count). The van der Waals surface area contributed by atoms with Crippen LogP contribution in [-0.2, 0) is 0 Å². The summed E-state index contributed by atoms with van der Waals surface area (Å²) in [5.41, 5.74) is 2.62. The van der Waals surface area contributed by atoms with Crippen molar-refractivity contribution in [3.63, 3.8) is 0 Å². The quantitative estimate of drug-likeness (QED) is 0.860. The molecule has 0 radical (unpaired) electrons. The molecule has 0 aliphatic carbocycles. The lowest BCUT2D eigenvalue weighted by atomic mass is 10.0. The van der Waals surface area contributed by atoms with Crippen molar-refractivity contribution < 1.29 is 4.42 Å². The van der Waals surface area contributed by atoms with E-state index in [2.05, 4.69) is 23.0 Å². The third-order valence-corrected chi connectivity index (χ3v) is 3.42. The molecule has 1 atom stereocenters. The third kappa shape index (κ3) is 1.98. The molecule has 0 fully saturated rings. The van der Waals surface area contributed by atoms with Gasteiger partial charge < -0.3 is 9.73 Å². The SMILES string of the molecule is CNC(c1ccc(C)o1)c1cscc1C. The normalized spacial score (nSPS) is 13.0. The number of furan rings is 1. The van der Waals surface area contributed by atoms with Crippen LogP contribution in [0.2, 0.25) is 0 Å². The lowest BCUT2D eigenvalue weighted by Crippen LogP contribution is -2.17. The van der Waals surface area contributed by atoms with E-state index in [1.807, 2.05) is 26.1 Å². The molecule has 0 aromatic carbocycles. The van der Waals surface area contributed by atoms with E-state index in [4.69, 9.17) is 4.42 Å². The summed E-state index contributed by atoms with van der Waals surface area (Å²) in [5, 5.41) is 7.62. The number of rotatable bonds is 3. The molecule has 2 nitrogen and oxygen atoms in total. The molecule has 80 valence electrons. The van der Waals surface area contributed by atoms with Crippen molar-refractivity contribution in [1.29, 1.82) is 0 Å². The molecule has 0 amide bonds. The first-order valence-corrected chi connectivity index (χ1v) is 5.93. The van der Waals surface area contributed by atoms with E-state index in [1.165, 1.54) is 11.1 Å². The first kappa shape index (κ1) is 10.5. The van der Waals surface area contributed by atoms with Gasteiger partial charge in [0.05, 0.1) is 6.04 Å². The van der Waals surface area contributed by atoms with Gasteiger partial charge in [0, 0.05) is 0 Å². The van der Waals surface area contributed by atoms with E-state index in [0.717, 1.165) is 11.5 Å². The van der Waals surface area contributed by atoms with Crippen molar-refractivity contribution in [2.24, 2.45) is 0 Å². The van der Waals surface area contributed by atoms with Crippen LogP contribution < -0.4 is 5.32 Å². The summed E-state index contributed by atoms with van der Waals surface area (Å²) in [6, 6.07) is 4.21. The van der Waals surface area contributed by atoms with Crippen molar-refractivity contribution in [2.75, 3.05) is 7.05 Å². The van der Waals surface area contributed by atoms with Crippen LogP contribution in [0, 0.1) is 13.8 Å². The Morgan fingerprint density at radius 1 is 1.27 bits per heavy atom. The van der Waals surface area contributed by atoms with Gasteiger partial charge in [0.1, 0.15) is 11.5 Å². The highest BCUT2D eigenvalue weighted by Gasteiger charge is 2.17. The Hall–Kier alpha value is -1.06. The molecule has 1 N–H and O–H groups in total. The molecule has 0 bridgehead atoms. The van der Waals surface area contributed by atoms with Crippen molar-refractivity contribution in [3.8, 4) is 0 Å². The zero-order valence-electron chi connectivity index (χ0n) is 9.20. The number of thiophene rings is 1. The summed E-state index contributed by atoms with van der Waals surface area (Å²) < 4.78 is 5.66. The van der Waals surface area contributed by atoms with Gasteiger partial charge >= 0.3 is 0 Å². The van der Waals surface area contributed by atoms with Crippen molar-refractivity contribution in [3.05, 3.63) is 45.5 Å². The summed E-state index contributed by atoms with van der Waals surface area (Å²) in [6.07, 6.45) is 0. The van der Waals surface area contributed by atoms with Gasteiger partial charge in [-0.05, 0) is 54.9 Å². The molecular formula is C12H15NOS. The van der Waals surface area contributed by atoms with Crippen LogP contribution in [-0.4, -0.2) is 7.05 Å². The summed E-state index contributed by atoms with van der Waals surface area (Å²) in [4.78, 5) is 0. The fourth-order valence-electron chi connectivity index (χ4n) is 1.73. The molecule has 2 aromatic rings. The Balaban J connectivity index is 2.36. The molecule has 15 heavy (non-hydrogen) atoms. The van der Waals surface area contributed by atoms with Gasteiger partial charge in [-0.25, -0.2) is 0 Å². The van der Waals surface area contributed by atoms with Crippen LogP contribution in [0.5, 0.6) is 0 Å². The van der Waals surface area contributed by atoms with E-state index < -0.39 is 0 Å². The molecule has 0 saturated heterocycles. The number of aryl methyl sites for hydroxylation is 2. The maximum atomic E-state index is 5.66. The fourth-order valence-corrected chi connectivity index (χ4v) is 2.60. The van der Waals surface area contributed by atoms with Crippen LogP contribution in [0.15, 0.2) is 27.3 Å². The molecule has 0 aliphatic heterocycles. The van der Waals surface area contributed by atoms with Crippen molar-refractivity contribution in [2.45, 2.75) is 19.9 Å². The summed E-state index contributed by atoms with van der Waals surface area (Å²) in [7, 11) is 1.96. The number of nitrogens with one attached hydrogen (secondary N) is 1. The van der Waals surface area contributed by atoms with Gasteiger partial charge in [-0.15, -0.1) is 0 Å². The Morgan fingerprint density at radius 2 is 2.07 bits per heavy atom. The minimum Gasteiger partial charge on any atom is -0.464 e. The predicted molar refractivity (Wildman–Crippen MR) is 63.4 cm³/mol. The Morgan fingerprint density at radius 3 is 2.53 bits per heavy atom. The van der Waals surface area contributed by atoms with E-state index in [-0.39, 0.29) is 6.04 Å². The molecule has 0 saturated carbocycles. The smallest absolute Gasteiger partial charge is 0.125 e. The van der Waals surface area contributed by atoms with E-state index >= 15 is 0 Å². The maximum absolute atomic E-state index is 5.66. The van der Waals surface area contributed by atoms with Gasteiger partial charge in [-0.3, -0.25) is 0 Å².